The quantitative estimate of drug-likeness (QED) is 0.835. The Hall–Kier alpha value is -1.88. The highest BCUT2D eigenvalue weighted by atomic mass is 79.9. The van der Waals surface area contributed by atoms with E-state index in [0.717, 1.165) is 5.56 Å². The van der Waals surface area contributed by atoms with Crippen molar-refractivity contribution >= 4 is 33.2 Å². The summed E-state index contributed by atoms with van der Waals surface area (Å²) in [6, 6.07) is 11.6. The van der Waals surface area contributed by atoms with Crippen LogP contribution in [0.4, 0.5) is 15.8 Å². The molecule has 104 valence electrons. The fraction of sp³-hybridized carbons (Fsp3) is 0.133. The zero-order chi connectivity index (χ0) is 14.5. The van der Waals surface area contributed by atoms with Crippen LogP contribution in [0.25, 0.3) is 0 Å². The molecule has 0 bridgehead atoms. The van der Waals surface area contributed by atoms with E-state index in [2.05, 4.69) is 21.2 Å². The van der Waals surface area contributed by atoms with E-state index in [1.54, 1.807) is 18.2 Å². The van der Waals surface area contributed by atoms with Gasteiger partial charge in [0.1, 0.15) is 5.82 Å². The van der Waals surface area contributed by atoms with Gasteiger partial charge in [0.2, 0.25) is 5.91 Å². The fourth-order valence-electron chi connectivity index (χ4n) is 1.75. The molecular formula is C15H14BrFN2O. The number of nitrogens with two attached hydrogens (primary N) is 1. The zero-order valence-electron chi connectivity index (χ0n) is 10.7. The average Bonchev–Trinajstić information content (AvgIpc) is 2.42. The first kappa shape index (κ1) is 14.5. The lowest BCUT2D eigenvalue weighted by molar-refractivity contribution is -0.116. The molecule has 0 spiro atoms. The van der Waals surface area contributed by atoms with Gasteiger partial charge in [-0.15, -0.1) is 0 Å². The lowest BCUT2D eigenvalue weighted by Crippen LogP contribution is -2.12. The minimum atomic E-state index is -0.387. The maximum atomic E-state index is 13.1. The minimum absolute atomic E-state index is 0.159. The second-order valence-electron chi connectivity index (χ2n) is 4.41. The predicted octanol–water partition coefficient (Wildman–Crippen LogP) is 3.74. The summed E-state index contributed by atoms with van der Waals surface area (Å²) in [6.07, 6.45) is 0.936. The van der Waals surface area contributed by atoms with Crippen LogP contribution in [0.5, 0.6) is 0 Å². The summed E-state index contributed by atoms with van der Waals surface area (Å²) >= 11 is 3.27. The monoisotopic (exact) mass is 336 g/mol. The molecule has 0 fully saturated rings. The number of amides is 1. The lowest BCUT2D eigenvalue weighted by atomic mass is 10.1. The Bertz CT molecular complexity index is 614. The number of hydrogen-bond donors (Lipinski definition) is 2. The molecule has 0 unspecified atom stereocenters. The van der Waals surface area contributed by atoms with Gasteiger partial charge in [-0.05, 0) is 58.2 Å². The van der Waals surface area contributed by atoms with Gasteiger partial charge >= 0.3 is 0 Å². The van der Waals surface area contributed by atoms with Crippen molar-refractivity contribution in [2.24, 2.45) is 0 Å². The van der Waals surface area contributed by atoms with E-state index in [0.29, 0.717) is 28.7 Å². The van der Waals surface area contributed by atoms with Crippen molar-refractivity contribution in [3.05, 3.63) is 58.3 Å². The number of carbonyl (C=O) groups excluding carboxylic acids is 1. The van der Waals surface area contributed by atoms with Gasteiger partial charge < -0.3 is 11.1 Å². The molecule has 0 heterocycles. The molecule has 0 saturated heterocycles. The number of halogens is 2. The summed E-state index contributed by atoms with van der Waals surface area (Å²) in [5, 5.41) is 2.68. The van der Waals surface area contributed by atoms with Crippen LogP contribution in [0.3, 0.4) is 0 Å². The number of carbonyl (C=O) groups is 1. The highest BCUT2D eigenvalue weighted by Gasteiger charge is 2.07. The minimum Gasteiger partial charge on any atom is -0.399 e. The molecule has 0 atom stereocenters. The molecule has 5 heteroatoms. The molecule has 0 aliphatic carbocycles. The first-order valence-electron chi connectivity index (χ1n) is 6.14. The van der Waals surface area contributed by atoms with Crippen LogP contribution in [0, 0.1) is 5.82 Å². The normalized spacial score (nSPS) is 10.3. The molecule has 1 amide bonds. The molecule has 0 aromatic heterocycles. The highest BCUT2D eigenvalue weighted by molar-refractivity contribution is 9.10. The third-order valence-electron chi connectivity index (χ3n) is 2.82. The molecule has 20 heavy (non-hydrogen) atoms. The summed E-state index contributed by atoms with van der Waals surface area (Å²) < 4.78 is 13.8. The summed E-state index contributed by atoms with van der Waals surface area (Å²) in [7, 11) is 0. The fourth-order valence-corrected chi connectivity index (χ4v) is 2.09. The van der Waals surface area contributed by atoms with E-state index >= 15 is 0 Å². The van der Waals surface area contributed by atoms with Gasteiger partial charge in [-0.25, -0.2) is 4.39 Å². The van der Waals surface area contributed by atoms with E-state index in [-0.39, 0.29) is 11.7 Å². The van der Waals surface area contributed by atoms with Crippen molar-refractivity contribution in [2.45, 2.75) is 12.8 Å². The van der Waals surface area contributed by atoms with Crippen molar-refractivity contribution in [2.75, 3.05) is 11.1 Å². The summed E-state index contributed by atoms with van der Waals surface area (Å²) in [4.78, 5) is 11.8. The first-order valence-corrected chi connectivity index (χ1v) is 6.93. The molecule has 0 aliphatic rings. The average molecular weight is 337 g/mol. The number of benzene rings is 2. The van der Waals surface area contributed by atoms with Gasteiger partial charge in [-0.3, -0.25) is 4.79 Å². The standard InChI is InChI=1S/C15H14BrFN2O/c16-13-7-4-11(17)9-14(13)19-15(20)8-3-10-1-5-12(18)6-2-10/h1-2,4-7,9H,3,8,18H2,(H,19,20). The predicted molar refractivity (Wildman–Crippen MR) is 81.9 cm³/mol. The van der Waals surface area contributed by atoms with Gasteiger partial charge in [-0.2, -0.15) is 0 Å². The molecule has 3 nitrogen and oxygen atoms in total. The van der Waals surface area contributed by atoms with Crippen molar-refractivity contribution in [1.29, 1.82) is 0 Å². The third kappa shape index (κ3) is 4.06. The number of rotatable bonds is 4. The molecule has 2 rings (SSSR count). The van der Waals surface area contributed by atoms with Crippen molar-refractivity contribution in [1.82, 2.24) is 0 Å². The Morgan fingerprint density at radius 2 is 1.90 bits per heavy atom. The smallest absolute Gasteiger partial charge is 0.224 e. The van der Waals surface area contributed by atoms with E-state index < -0.39 is 0 Å². The number of aryl methyl sites for hydroxylation is 1. The number of hydrogen-bond acceptors (Lipinski definition) is 2. The van der Waals surface area contributed by atoms with E-state index in [1.165, 1.54) is 12.1 Å². The Kier molecular flexibility index (Phi) is 4.74. The number of anilines is 2. The zero-order valence-corrected chi connectivity index (χ0v) is 12.3. The van der Waals surface area contributed by atoms with Gasteiger partial charge in [0, 0.05) is 16.6 Å². The summed E-state index contributed by atoms with van der Waals surface area (Å²) in [6.45, 7) is 0. The molecule has 0 saturated carbocycles. The van der Waals surface area contributed by atoms with Crippen LogP contribution in [0.1, 0.15) is 12.0 Å². The maximum Gasteiger partial charge on any atom is 0.224 e. The van der Waals surface area contributed by atoms with Crippen molar-refractivity contribution in [3.63, 3.8) is 0 Å². The van der Waals surface area contributed by atoms with Crippen LogP contribution >= 0.6 is 15.9 Å². The number of nitrogen functional groups attached to an aromatic ring is 1. The number of nitrogens with one attached hydrogen (secondary N) is 1. The molecule has 3 N–H and O–H groups in total. The van der Waals surface area contributed by atoms with Crippen LogP contribution < -0.4 is 11.1 Å². The lowest BCUT2D eigenvalue weighted by Gasteiger charge is -2.07. The molecule has 2 aromatic rings. The van der Waals surface area contributed by atoms with Gasteiger partial charge in [0.25, 0.3) is 0 Å². The van der Waals surface area contributed by atoms with Crippen LogP contribution in [-0.4, -0.2) is 5.91 Å². The van der Waals surface area contributed by atoms with Crippen molar-refractivity contribution < 1.29 is 9.18 Å². The molecular weight excluding hydrogens is 323 g/mol. The van der Waals surface area contributed by atoms with Gasteiger partial charge in [0.05, 0.1) is 5.69 Å². The van der Waals surface area contributed by atoms with Crippen LogP contribution in [-0.2, 0) is 11.2 Å². The van der Waals surface area contributed by atoms with Crippen LogP contribution in [0.2, 0.25) is 0 Å². The topological polar surface area (TPSA) is 55.1 Å². The van der Waals surface area contributed by atoms with Gasteiger partial charge in [0.15, 0.2) is 0 Å². The van der Waals surface area contributed by atoms with E-state index in [1.807, 2.05) is 12.1 Å². The molecule has 0 aliphatic heterocycles. The Labute approximate surface area is 125 Å². The third-order valence-corrected chi connectivity index (χ3v) is 3.51. The Morgan fingerprint density at radius 1 is 1.20 bits per heavy atom. The summed E-state index contributed by atoms with van der Waals surface area (Å²) in [5.74, 6) is -0.546. The second-order valence-corrected chi connectivity index (χ2v) is 5.27. The Morgan fingerprint density at radius 3 is 2.60 bits per heavy atom. The largest absolute Gasteiger partial charge is 0.399 e. The highest BCUT2D eigenvalue weighted by Crippen LogP contribution is 2.23. The van der Waals surface area contributed by atoms with Crippen LogP contribution in [0.15, 0.2) is 46.9 Å². The molecule has 2 aromatic carbocycles. The molecule has 0 radical (unpaired) electrons. The van der Waals surface area contributed by atoms with Crippen molar-refractivity contribution in [3.8, 4) is 0 Å². The second kappa shape index (κ2) is 6.52. The van der Waals surface area contributed by atoms with E-state index in [9.17, 15) is 9.18 Å². The first-order chi connectivity index (χ1) is 9.54. The SMILES string of the molecule is Nc1ccc(CCC(=O)Nc2cc(F)ccc2Br)cc1. The maximum absolute atomic E-state index is 13.1. The van der Waals surface area contributed by atoms with Gasteiger partial charge in [-0.1, -0.05) is 12.1 Å². The van der Waals surface area contributed by atoms with E-state index in [4.69, 9.17) is 5.73 Å². The Balaban J connectivity index is 1.92. The summed E-state index contributed by atoms with van der Waals surface area (Å²) in [5.41, 5.74) is 7.76.